The highest BCUT2D eigenvalue weighted by molar-refractivity contribution is 5.59. The molecule has 0 aromatic rings. The molecule has 4 nitrogen and oxygen atoms in total. The fraction of sp³-hybridized carbons (Fsp3) is 0.714. The maximum atomic E-state index is 10.6. The van der Waals surface area contributed by atoms with Crippen molar-refractivity contribution >= 4 is 6.16 Å². The average molecular weight is 161 g/mol. The van der Waals surface area contributed by atoms with Crippen LogP contribution >= 0.6 is 0 Å². The minimum atomic E-state index is -0.779. The van der Waals surface area contributed by atoms with Crippen molar-refractivity contribution in [3.8, 4) is 0 Å². The van der Waals surface area contributed by atoms with Crippen LogP contribution in [0.5, 0.6) is 0 Å². The average Bonchev–Trinajstić information content (AvgIpc) is 1.87. The number of carbonyl (C=O) groups excluding carboxylic acids is 1. The molecule has 0 rings (SSSR count). The Hall–Kier alpha value is -0.770. The lowest BCUT2D eigenvalue weighted by atomic mass is 10.7. The first-order valence-electron chi connectivity index (χ1n) is 3.48. The summed E-state index contributed by atoms with van der Waals surface area (Å²) in [6, 6.07) is 0. The summed E-state index contributed by atoms with van der Waals surface area (Å²) in [6.45, 7) is 7.62. The summed E-state index contributed by atoms with van der Waals surface area (Å²) in [4.78, 5) is 10.6. The molecule has 0 amide bonds. The maximum Gasteiger partial charge on any atom is 0.510 e. The molecule has 1 atom stereocenters. The molecule has 0 bridgehead atoms. The standard InChI is InChI=1S/C7H13O4/c1-4-9-6(3)11-7(8)10-5-2/h6H,3-5H2,1-2H3. The summed E-state index contributed by atoms with van der Waals surface area (Å²) in [6.07, 6.45) is -1.53. The highest BCUT2D eigenvalue weighted by Gasteiger charge is 2.08. The number of ether oxygens (including phenoxy) is 3. The molecular weight excluding hydrogens is 148 g/mol. The first-order chi connectivity index (χ1) is 5.20. The molecule has 0 saturated carbocycles. The minimum Gasteiger partial charge on any atom is -0.435 e. The van der Waals surface area contributed by atoms with Crippen molar-refractivity contribution in [1.82, 2.24) is 0 Å². The van der Waals surface area contributed by atoms with Crippen LogP contribution in [0.3, 0.4) is 0 Å². The fourth-order valence-corrected chi connectivity index (χ4v) is 0.479. The Balaban J connectivity index is 3.40. The van der Waals surface area contributed by atoms with Crippen molar-refractivity contribution in [2.75, 3.05) is 13.2 Å². The van der Waals surface area contributed by atoms with Gasteiger partial charge in [-0.1, -0.05) is 0 Å². The molecule has 0 saturated heterocycles. The van der Waals surface area contributed by atoms with Gasteiger partial charge in [0.15, 0.2) is 0 Å². The summed E-state index contributed by atoms with van der Waals surface area (Å²) < 4.78 is 13.8. The second-order valence-electron chi connectivity index (χ2n) is 1.69. The Morgan fingerprint density at radius 3 is 2.55 bits per heavy atom. The van der Waals surface area contributed by atoms with Gasteiger partial charge in [0.05, 0.1) is 6.61 Å². The van der Waals surface area contributed by atoms with E-state index in [9.17, 15) is 4.79 Å². The van der Waals surface area contributed by atoms with Gasteiger partial charge >= 0.3 is 6.16 Å². The van der Waals surface area contributed by atoms with Crippen LogP contribution in [0.15, 0.2) is 0 Å². The van der Waals surface area contributed by atoms with Gasteiger partial charge < -0.3 is 14.2 Å². The fourth-order valence-electron chi connectivity index (χ4n) is 0.479. The molecule has 0 aromatic heterocycles. The molecule has 0 N–H and O–H groups in total. The van der Waals surface area contributed by atoms with E-state index in [1.54, 1.807) is 13.8 Å². The van der Waals surface area contributed by atoms with Gasteiger partial charge in [0.1, 0.15) is 0 Å². The molecule has 0 aliphatic heterocycles. The van der Waals surface area contributed by atoms with Crippen LogP contribution < -0.4 is 0 Å². The van der Waals surface area contributed by atoms with Gasteiger partial charge in [0.2, 0.25) is 6.29 Å². The van der Waals surface area contributed by atoms with E-state index in [4.69, 9.17) is 4.74 Å². The first kappa shape index (κ1) is 10.2. The van der Waals surface area contributed by atoms with E-state index >= 15 is 0 Å². The quantitative estimate of drug-likeness (QED) is 0.461. The molecule has 11 heavy (non-hydrogen) atoms. The van der Waals surface area contributed by atoms with Crippen LogP contribution in [0.25, 0.3) is 0 Å². The van der Waals surface area contributed by atoms with Crippen LogP contribution in [0.2, 0.25) is 0 Å². The molecule has 0 aliphatic rings. The van der Waals surface area contributed by atoms with E-state index in [1.165, 1.54) is 0 Å². The molecular formula is C7H13O4. The van der Waals surface area contributed by atoms with Crippen LogP contribution in [-0.4, -0.2) is 25.7 Å². The van der Waals surface area contributed by atoms with Crippen molar-refractivity contribution in [2.45, 2.75) is 20.1 Å². The van der Waals surface area contributed by atoms with E-state index in [2.05, 4.69) is 16.4 Å². The Kier molecular flexibility index (Phi) is 5.56. The summed E-state index contributed by atoms with van der Waals surface area (Å²) in [5.41, 5.74) is 0. The zero-order valence-corrected chi connectivity index (χ0v) is 6.83. The van der Waals surface area contributed by atoms with Gasteiger partial charge in [-0.15, -0.1) is 0 Å². The largest absolute Gasteiger partial charge is 0.510 e. The van der Waals surface area contributed by atoms with E-state index in [0.717, 1.165) is 0 Å². The maximum absolute atomic E-state index is 10.6. The highest BCUT2D eigenvalue weighted by Crippen LogP contribution is 1.95. The summed E-state index contributed by atoms with van der Waals surface area (Å²) >= 11 is 0. The van der Waals surface area contributed by atoms with Gasteiger partial charge in [-0.2, -0.15) is 0 Å². The third-order valence-corrected chi connectivity index (χ3v) is 0.842. The van der Waals surface area contributed by atoms with Crippen LogP contribution in [0.4, 0.5) is 4.79 Å². The predicted octanol–water partition coefficient (Wildman–Crippen LogP) is 1.36. The summed E-state index contributed by atoms with van der Waals surface area (Å²) in [5.74, 6) is 0. The Bertz CT molecular complexity index is 113. The van der Waals surface area contributed by atoms with Crippen molar-refractivity contribution in [3.05, 3.63) is 6.92 Å². The predicted molar refractivity (Wildman–Crippen MR) is 38.9 cm³/mol. The summed E-state index contributed by atoms with van der Waals surface area (Å²) in [5, 5.41) is 0. The van der Waals surface area contributed by atoms with Crippen LogP contribution in [-0.2, 0) is 14.2 Å². The number of rotatable bonds is 4. The first-order valence-corrected chi connectivity index (χ1v) is 3.48. The second-order valence-corrected chi connectivity index (χ2v) is 1.69. The smallest absolute Gasteiger partial charge is 0.435 e. The van der Waals surface area contributed by atoms with Gasteiger partial charge in [-0.3, -0.25) is 0 Å². The number of carbonyl (C=O) groups is 1. The van der Waals surface area contributed by atoms with Crippen molar-refractivity contribution < 1.29 is 19.0 Å². The molecule has 0 aromatic carbocycles. The minimum absolute atomic E-state index is 0.289. The van der Waals surface area contributed by atoms with Crippen LogP contribution in [0.1, 0.15) is 13.8 Å². The highest BCUT2D eigenvalue weighted by atomic mass is 16.8. The molecule has 0 spiro atoms. The van der Waals surface area contributed by atoms with E-state index in [-0.39, 0.29) is 6.61 Å². The zero-order valence-electron chi connectivity index (χ0n) is 6.83. The molecule has 1 radical (unpaired) electrons. The van der Waals surface area contributed by atoms with Crippen molar-refractivity contribution in [3.63, 3.8) is 0 Å². The van der Waals surface area contributed by atoms with Crippen molar-refractivity contribution in [1.29, 1.82) is 0 Å². The third-order valence-electron chi connectivity index (χ3n) is 0.842. The second kappa shape index (κ2) is 5.97. The lowest BCUT2D eigenvalue weighted by Gasteiger charge is -2.11. The zero-order chi connectivity index (χ0) is 8.69. The molecule has 0 aliphatic carbocycles. The number of hydrogen-bond acceptors (Lipinski definition) is 4. The van der Waals surface area contributed by atoms with E-state index in [0.29, 0.717) is 6.61 Å². The molecule has 65 valence electrons. The van der Waals surface area contributed by atoms with Crippen molar-refractivity contribution in [2.24, 2.45) is 0 Å². The number of hydrogen-bond donors (Lipinski definition) is 0. The lowest BCUT2D eigenvalue weighted by Crippen LogP contribution is -2.19. The van der Waals surface area contributed by atoms with Gasteiger partial charge in [0.25, 0.3) is 0 Å². The molecule has 0 heterocycles. The van der Waals surface area contributed by atoms with Gasteiger partial charge in [0, 0.05) is 13.5 Å². The Morgan fingerprint density at radius 1 is 1.45 bits per heavy atom. The monoisotopic (exact) mass is 161 g/mol. The molecule has 0 fully saturated rings. The Morgan fingerprint density at radius 2 is 2.09 bits per heavy atom. The van der Waals surface area contributed by atoms with Gasteiger partial charge in [-0.05, 0) is 13.8 Å². The molecule has 1 unspecified atom stereocenters. The third kappa shape index (κ3) is 5.66. The Labute approximate surface area is 66.4 Å². The van der Waals surface area contributed by atoms with E-state index in [1.807, 2.05) is 0 Å². The SMILES string of the molecule is [CH2]C(OCC)OC(=O)OCC. The lowest BCUT2D eigenvalue weighted by molar-refractivity contribution is -0.0908. The van der Waals surface area contributed by atoms with Gasteiger partial charge in [-0.25, -0.2) is 4.79 Å². The normalized spacial score (nSPS) is 12.3. The topological polar surface area (TPSA) is 44.8 Å². The van der Waals surface area contributed by atoms with Crippen LogP contribution in [0, 0.1) is 6.92 Å². The van der Waals surface area contributed by atoms with E-state index < -0.39 is 12.4 Å². The summed E-state index contributed by atoms with van der Waals surface area (Å²) in [7, 11) is 0. The molecule has 4 heteroatoms.